The van der Waals surface area contributed by atoms with Crippen molar-refractivity contribution < 1.29 is 20.1 Å². The predicted molar refractivity (Wildman–Crippen MR) is 120 cm³/mol. The van der Waals surface area contributed by atoms with Gasteiger partial charge in [0, 0.05) is 5.69 Å². The number of hydrogen-bond donors (Lipinski definition) is 5. The lowest BCUT2D eigenvalue weighted by Crippen LogP contribution is -2.37. The molecule has 0 amide bonds. The summed E-state index contributed by atoms with van der Waals surface area (Å²) in [6.07, 6.45) is -3.13. The number of nitrogens with two attached hydrogens (primary N) is 1. The van der Waals surface area contributed by atoms with Gasteiger partial charge < -0.3 is 31.1 Å². The Kier molecular flexibility index (Phi) is 5.48. The van der Waals surface area contributed by atoms with Crippen LogP contribution in [-0.4, -0.2) is 67.8 Å². The van der Waals surface area contributed by atoms with Crippen LogP contribution in [0.1, 0.15) is 11.8 Å². The third kappa shape index (κ3) is 3.79. The number of aliphatic hydroxyl groups is 3. The molecule has 0 bridgehead atoms. The summed E-state index contributed by atoms with van der Waals surface area (Å²) in [6.45, 7) is 8.51. The van der Waals surface area contributed by atoms with Crippen molar-refractivity contribution in [1.29, 1.82) is 0 Å². The number of imidazole rings is 1. The molecule has 1 saturated heterocycles. The molecule has 0 saturated carbocycles. The fraction of sp³-hybridized carbons (Fsp3) is 0.450. The van der Waals surface area contributed by atoms with E-state index in [1.807, 2.05) is 13.0 Å². The van der Waals surface area contributed by atoms with Crippen molar-refractivity contribution in [3.8, 4) is 0 Å². The van der Waals surface area contributed by atoms with Crippen LogP contribution in [0.3, 0.4) is 0 Å². The molecule has 3 aromatic rings. The molecule has 1 aliphatic rings. The van der Waals surface area contributed by atoms with Crippen molar-refractivity contribution in [2.45, 2.75) is 51.1 Å². The molecule has 11 heteroatoms. The maximum absolute atomic E-state index is 10.4. The summed E-state index contributed by atoms with van der Waals surface area (Å²) in [5.74, 6) is 0.519. The Morgan fingerprint density at radius 3 is 2.55 bits per heavy atom. The molecular weight excluding hydrogens is 416 g/mol. The molecule has 2 aromatic heterocycles. The Morgan fingerprint density at radius 1 is 1.19 bits per heavy atom. The summed E-state index contributed by atoms with van der Waals surface area (Å²) in [5.41, 5.74) is 8.85. The Morgan fingerprint density at radius 2 is 1.94 bits per heavy atom. The molecule has 4 atom stereocenters. The van der Waals surface area contributed by atoms with E-state index < -0.39 is 39.2 Å². The molecular formula is C20H28N6O4Si. The van der Waals surface area contributed by atoms with Gasteiger partial charge in [0.1, 0.15) is 24.6 Å². The van der Waals surface area contributed by atoms with Crippen molar-refractivity contribution in [3.63, 3.8) is 0 Å². The number of benzene rings is 1. The normalized spacial score (nSPS) is 24.1. The minimum absolute atomic E-state index is 0.0548. The largest absolute Gasteiger partial charge is 0.394 e. The molecule has 4 unspecified atom stereocenters. The molecule has 6 N–H and O–H groups in total. The smallest absolute Gasteiger partial charge is 0.204 e. The van der Waals surface area contributed by atoms with E-state index >= 15 is 0 Å². The van der Waals surface area contributed by atoms with Gasteiger partial charge in [0.15, 0.2) is 23.2 Å². The zero-order chi connectivity index (χ0) is 22.5. The van der Waals surface area contributed by atoms with Gasteiger partial charge in [-0.25, -0.2) is 15.0 Å². The van der Waals surface area contributed by atoms with E-state index in [1.165, 1.54) is 16.1 Å². The summed E-state index contributed by atoms with van der Waals surface area (Å²) in [4.78, 5) is 13.0. The summed E-state index contributed by atoms with van der Waals surface area (Å²) in [7, 11) is -1.43. The first-order valence-corrected chi connectivity index (χ1v) is 13.6. The van der Waals surface area contributed by atoms with Crippen molar-refractivity contribution in [2.75, 3.05) is 17.7 Å². The van der Waals surface area contributed by atoms with Gasteiger partial charge in [-0.1, -0.05) is 37.0 Å². The predicted octanol–water partition coefficient (Wildman–Crippen LogP) is 0.617. The maximum Gasteiger partial charge on any atom is 0.204 e. The fourth-order valence-corrected chi connectivity index (χ4v) is 4.99. The summed E-state index contributed by atoms with van der Waals surface area (Å²) in [5, 5.41) is 34.5. The standard InChI is InChI=1S/C20H28N6O4Si/c1-10-7-11(31(2,3)4)5-6-12(10)24-17-14-18(23-9-22-17)26(20(21)25-14)19-16(29)15(28)13(8-27)30-19/h5-7,9,13,15-16,19,27-29H,8H2,1-4H3,(H2,21,25)(H,22,23,24). The van der Waals surface area contributed by atoms with Crippen LogP contribution in [0.25, 0.3) is 11.2 Å². The third-order valence-corrected chi connectivity index (χ3v) is 7.66. The monoisotopic (exact) mass is 444 g/mol. The van der Waals surface area contributed by atoms with Gasteiger partial charge in [0.25, 0.3) is 0 Å². The second kappa shape index (κ2) is 7.84. The number of aromatic nitrogens is 4. The molecule has 1 aromatic carbocycles. The van der Waals surface area contributed by atoms with Crippen LogP contribution in [0.5, 0.6) is 0 Å². The van der Waals surface area contributed by atoms with Crippen LogP contribution in [0.4, 0.5) is 17.5 Å². The lowest BCUT2D eigenvalue weighted by atomic mass is 10.1. The number of aliphatic hydroxyl groups excluding tert-OH is 3. The minimum Gasteiger partial charge on any atom is -0.394 e. The molecule has 0 aliphatic carbocycles. The molecule has 1 aliphatic heterocycles. The van der Waals surface area contributed by atoms with E-state index in [1.54, 1.807) is 0 Å². The highest BCUT2D eigenvalue weighted by molar-refractivity contribution is 6.88. The van der Waals surface area contributed by atoms with Crippen LogP contribution < -0.4 is 16.2 Å². The average molecular weight is 445 g/mol. The second-order valence-electron chi connectivity index (χ2n) is 8.87. The van der Waals surface area contributed by atoms with Crippen LogP contribution >= 0.6 is 0 Å². The molecule has 10 nitrogen and oxygen atoms in total. The Hall–Kier alpha value is -2.57. The Labute approximate surface area is 180 Å². The van der Waals surface area contributed by atoms with Crippen LogP contribution in [0, 0.1) is 6.92 Å². The van der Waals surface area contributed by atoms with Gasteiger partial charge in [-0.05, 0) is 18.6 Å². The van der Waals surface area contributed by atoms with Crippen LogP contribution in [0.2, 0.25) is 19.6 Å². The van der Waals surface area contributed by atoms with E-state index in [0.29, 0.717) is 17.0 Å². The highest BCUT2D eigenvalue weighted by atomic mass is 28.3. The number of hydrogen-bond acceptors (Lipinski definition) is 9. The minimum atomic E-state index is -1.43. The number of rotatable bonds is 5. The average Bonchev–Trinajstić information content (AvgIpc) is 3.19. The summed E-state index contributed by atoms with van der Waals surface area (Å²) in [6, 6.07) is 6.36. The first-order valence-electron chi connectivity index (χ1n) is 10.1. The highest BCUT2D eigenvalue weighted by Crippen LogP contribution is 2.35. The van der Waals surface area contributed by atoms with E-state index in [9.17, 15) is 15.3 Å². The number of nitrogens with one attached hydrogen (secondary N) is 1. The van der Waals surface area contributed by atoms with Gasteiger partial charge in [-0.2, -0.15) is 0 Å². The second-order valence-corrected chi connectivity index (χ2v) is 13.9. The van der Waals surface area contributed by atoms with Gasteiger partial charge in [-0.15, -0.1) is 0 Å². The van der Waals surface area contributed by atoms with E-state index in [0.717, 1.165) is 11.3 Å². The molecule has 166 valence electrons. The first-order chi connectivity index (χ1) is 14.6. The maximum atomic E-state index is 10.4. The number of anilines is 3. The zero-order valence-corrected chi connectivity index (χ0v) is 18.9. The molecule has 0 spiro atoms. The Bertz CT molecular complexity index is 1110. The summed E-state index contributed by atoms with van der Waals surface area (Å²) < 4.78 is 7.02. The topological polar surface area (TPSA) is 152 Å². The van der Waals surface area contributed by atoms with Crippen LogP contribution in [-0.2, 0) is 4.74 Å². The number of ether oxygens (including phenoxy) is 1. The van der Waals surface area contributed by atoms with E-state index in [-0.39, 0.29) is 5.95 Å². The third-order valence-electron chi connectivity index (χ3n) is 5.62. The number of nitrogen functional groups attached to an aromatic ring is 1. The van der Waals surface area contributed by atoms with E-state index in [2.05, 4.69) is 52.0 Å². The lowest BCUT2D eigenvalue weighted by molar-refractivity contribution is -0.0500. The first kappa shape index (κ1) is 21.7. The molecule has 0 radical (unpaired) electrons. The number of fused-ring (bicyclic) bond motifs is 1. The lowest BCUT2D eigenvalue weighted by Gasteiger charge is -2.19. The molecule has 31 heavy (non-hydrogen) atoms. The van der Waals surface area contributed by atoms with Crippen LogP contribution in [0.15, 0.2) is 24.5 Å². The van der Waals surface area contributed by atoms with Crippen molar-refractivity contribution in [1.82, 2.24) is 19.5 Å². The summed E-state index contributed by atoms with van der Waals surface area (Å²) >= 11 is 0. The van der Waals surface area contributed by atoms with Gasteiger partial charge in [0.2, 0.25) is 5.95 Å². The van der Waals surface area contributed by atoms with Crippen molar-refractivity contribution in [3.05, 3.63) is 30.1 Å². The SMILES string of the molecule is Cc1cc([Si](C)(C)C)ccc1Nc1ncnc2c1nc(N)n2C1OC(CO)C(O)C1O. The van der Waals surface area contributed by atoms with Crippen molar-refractivity contribution >= 4 is 41.9 Å². The van der Waals surface area contributed by atoms with Gasteiger partial charge in [0.05, 0.1) is 14.7 Å². The number of nitrogens with zero attached hydrogens (tertiary/aromatic N) is 4. The Balaban J connectivity index is 1.71. The molecule has 4 rings (SSSR count). The van der Waals surface area contributed by atoms with E-state index in [4.69, 9.17) is 10.5 Å². The molecule has 3 heterocycles. The molecule has 1 fully saturated rings. The van der Waals surface area contributed by atoms with Crippen molar-refractivity contribution in [2.24, 2.45) is 0 Å². The zero-order valence-electron chi connectivity index (χ0n) is 17.9. The van der Waals surface area contributed by atoms with Gasteiger partial charge >= 0.3 is 0 Å². The quantitative estimate of drug-likeness (QED) is 0.357. The fourth-order valence-electron chi connectivity index (χ4n) is 3.76. The highest BCUT2D eigenvalue weighted by Gasteiger charge is 2.44. The van der Waals surface area contributed by atoms with Gasteiger partial charge in [-0.3, -0.25) is 4.57 Å². The number of aryl methyl sites for hydroxylation is 1.